The summed E-state index contributed by atoms with van der Waals surface area (Å²) in [4.78, 5) is 11.8. The summed E-state index contributed by atoms with van der Waals surface area (Å²) >= 11 is 0. The van der Waals surface area contributed by atoms with Gasteiger partial charge >= 0.3 is 6.18 Å². The highest BCUT2D eigenvalue weighted by molar-refractivity contribution is 7.89. The van der Waals surface area contributed by atoms with Crippen LogP contribution in [-0.2, 0) is 30.5 Å². The molecule has 0 aromatic heterocycles. The van der Waals surface area contributed by atoms with Crippen LogP contribution in [0.15, 0.2) is 29.2 Å². The van der Waals surface area contributed by atoms with Crippen molar-refractivity contribution in [1.29, 1.82) is 0 Å². The van der Waals surface area contributed by atoms with Crippen molar-refractivity contribution in [2.24, 2.45) is 5.92 Å². The SMILES string of the molecule is COCCOCCNC(=O)C1CCN(S(=O)(=O)c2cccc(C(F)(F)F)c2)CC1. The van der Waals surface area contributed by atoms with Crippen molar-refractivity contribution in [3.63, 3.8) is 0 Å². The van der Waals surface area contributed by atoms with E-state index in [1.54, 1.807) is 7.11 Å². The minimum atomic E-state index is -4.62. The van der Waals surface area contributed by atoms with Crippen molar-refractivity contribution in [3.8, 4) is 0 Å². The van der Waals surface area contributed by atoms with Gasteiger partial charge in [-0.2, -0.15) is 17.5 Å². The van der Waals surface area contributed by atoms with Gasteiger partial charge in [0.25, 0.3) is 0 Å². The van der Waals surface area contributed by atoms with E-state index < -0.39 is 26.7 Å². The molecule has 0 unspecified atom stereocenters. The molecule has 1 aliphatic heterocycles. The first-order chi connectivity index (χ1) is 13.7. The number of nitrogens with zero attached hydrogens (tertiary/aromatic N) is 1. The van der Waals surface area contributed by atoms with Crippen molar-refractivity contribution in [1.82, 2.24) is 9.62 Å². The third-order valence-electron chi connectivity index (χ3n) is 4.60. The summed E-state index contributed by atoms with van der Waals surface area (Å²) in [6.45, 7) is 1.72. The Bertz CT molecular complexity index is 778. The Morgan fingerprint density at radius 1 is 1.21 bits per heavy atom. The van der Waals surface area contributed by atoms with Crippen LogP contribution in [0.5, 0.6) is 0 Å². The van der Waals surface area contributed by atoms with Crippen LogP contribution in [0.25, 0.3) is 0 Å². The Morgan fingerprint density at radius 3 is 2.52 bits per heavy atom. The molecule has 1 aromatic rings. The second-order valence-corrected chi connectivity index (χ2v) is 8.54. The van der Waals surface area contributed by atoms with Gasteiger partial charge in [0.15, 0.2) is 0 Å². The summed E-state index contributed by atoms with van der Waals surface area (Å²) in [5, 5.41) is 2.74. The number of rotatable bonds is 9. The maximum atomic E-state index is 12.9. The van der Waals surface area contributed by atoms with Crippen LogP contribution in [0.2, 0.25) is 0 Å². The van der Waals surface area contributed by atoms with Gasteiger partial charge in [0, 0.05) is 32.7 Å². The molecular weight excluding hydrogens is 413 g/mol. The number of hydrogen-bond donors (Lipinski definition) is 1. The lowest BCUT2D eigenvalue weighted by Crippen LogP contribution is -2.43. The molecule has 0 bridgehead atoms. The molecule has 164 valence electrons. The Balaban J connectivity index is 1.87. The molecule has 29 heavy (non-hydrogen) atoms. The van der Waals surface area contributed by atoms with E-state index in [1.165, 1.54) is 0 Å². The van der Waals surface area contributed by atoms with E-state index in [1.807, 2.05) is 0 Å². The summed E-state index contributed by atoms with van der Waals surface area (Å²) in [7, 11) is -2.49. The molecular formula is C18H25F3N2O5S. The zero-order valence-corrected chi connectivity index (χ0v) is 16.9. The fourth-order valence-electron chi connectivity index (χ4n) is 2.98. The Hall–Kier alpha value is -1.69. The number of nitrogens with one attached hydrogen (secondary N) is 1. The van der Waals surface area contributed by atoms with Crippen LogP contribution in [0, 0.1) is 5.92 Å². The van der Waals surface area contributed by atoms with Crippen molar-refractivity contribution in [2.75, 3.05) is 46.6 Å². The maximum absolute atomic E-state index is 12.9. The van der Waals surface area contributed by atoms with Crippen molar-refractivity contribution < 1.29 is 35.9 Å². The molecule has 0 saturated carbocycles. The summed E-state index contributed by atoms with van der Waals surface area (Å²) in [6.07, 6.45) is -4.02. The lowest BCUT2D eigenvalue weighted by molar-refractivity contribution is -0.137. The van der Waals surface area contributed by atoms with E-state index in [-0.39, 0.29) is 24.9 Å². The van der Waals surface area contributed by atoms with Crippen molar-refractivity contribution in [2.45, 2.75) is 23.9 Å². The number of amides is 1. The fourth-order valence-corrected chi connectivity index (χ4v) is 4.49. The summed E-state index contributed by atoms with van der Waals surface area (Å²) < 4.78 is 75.1. The largest absolute Gasteiger partial charge is 0.416 e. The molecule has 0 aliphatic carbocycles. The summed E-state index contributed by atoms with van der Waals surface area (Å²) in [6, 6.07) is 3.68. The molecule has 0 atom stereocenters. The van der Waals surface area contributed by atoms with Gasteiger partial charge in [-0.3, -0.25) is 4.79 Å². The Labute approximate surface area is 168 Å². The lowest BCUT2D eigenvalue weighted by Gasteiger charge is -2.30. The molecule has 1 aliphatic rings. The third-order valence-corrected chi connectivity index (χ3v) is 6.50. The quantitative estimate of drug-likeness (QED) is 0.596. The average Bonchev–Trinajstić information content (AvgIpc) is 2.70. The standard InChI is InChI=1S/C18H25F3N2O5S/c1-27-11-12-28-10-7-22-17(24)14-5-8-23(9-6-14)29(25,26)16-4-2-3-15(13-16)18(19,20)21/h2-4,13-14H,5-12H2,1H3,(H,22,24). The molecule has 1 N–H and O–H groups in total. The van der Waals surface area contributed by atoms with Crippen LogP contribution >= 0.6 is 0 Å². The van der Waals surface area contributed by atoms with Gasteiger partial charge < -0.3 is 14.8 Å². The third kappa shape index (κ3) is 6.66. The zero-order chi connectivity index (χ0) is 21.5. The van der Waals surface area contributed by atoms with Gasteiger partial charge in [0.05, 0.1) is 30.3 Å². The number of carbonyl (C=O) groups is 1. The van der Waals surface area contributed by atoms with Gasteiger partial charge in [-0.1, -0.05) is 6.07 Å². The molecule has 11 heteroatoms. The molecule has 1 amide bonds. The van der Waals surface area contributed by atoms with Crippen molar-refractivity contribution in [3.05, 3.63) is 29.8 Å². The second-order valence-electron chi connectivity index (χ2n) is 6.60. The first kappa shape index (κ1) is 23.6. The number of carbonyl (C=O) groups excluding carboxylic acids is 1. The highest BCUT2D eigenvalue weighted by atomic mass is 32.2. The number of benzene rings is 1. The normalized spacial score (nSPS) is 16.7. The maximum Gasteiger partial charge on any atom is 0.416 e. The fraction of sp³-hybridized carbons (Fsp3) is 0.611. The molecule has 1 aromatic carbocycles. The summed E-state index contributed by atoms with van der Waals surface area (Å²) in [5.41, 5.74) is -1.01. The number of hydrogen-bond acceptors (Lipinski definition) is 5. The predicted molar refractivity (Wildman–Crippen MR) is 98.6 cm³/mol. The minimum Gasteiger partial charge on any atom is -0.382 e. The van der Waals surface area contributed by atoms with E-state index >= 15 is 0 Å². The summed E-state index contributed by atoms with van der Waals surface area (Å²) in [5.74, 6) is -0.529. The van der Waals surface area contributed by atoms with Crippen LogP contribution < -0.4 is 5.32 Å². The lowest BCUT2D eigenvalue weighted by atomic mass is 9.97. The zero-order valence-electron chi connectivity index (χ0n) is 16.1. The molecule has 0 radical (unpaired) electrons. The van der Waals surface area contributed by atoms with Gasteiger partial charge in [-0.25, -0.2) is 8.42 Å². The number of piperidine rings is 1. The van der Waals surface area contributed by atoms with E-state index in [4.69, 9.17) is 9.47 Å². The van der Waals surface area contributed by atoms with Crippen LogP contribution in [0.1, 0.15) is 18.4 Å². The highest BCUT2D eigenvalue weighted by Crippen LogP contribution is 2.32. The number of methoxy groups -OCH3 is 1. The number of halogens is 3. The first-order valence-electron chi connectivity index (χ1n) is 9.18. The van der Waals surface area contributed by atoms with Crippen LogP contribution in [0.4, 0.5) is 13.2 Å². The highest BCUT2D eigenvalue weighted by Gasteiger charge is 2.35. The molecule has 1 heterocycles. The van der Waals surface area contributed by atoms with Crippen LogP contribution in [-0.4, -0.2) is 65.2 Å². The first-order valence-corrected chi connectivity index (χ1v) is 10.6. The average molecular weight is 438 g/mol. The van der Waals surface area contributed by atoms with Gasteiger partial charge in [-0.05, 0) is 31.0 Å². The Morgan fingerprint density at radius 2 is 1.90 bits per heavy atom. The predicted octanol–water partition coefficient (Wildman–Crippen LogP) is 1.89. The van der Waals surface area contributed by atoms with Crippen molar-refractivity contribution >= 4 is 15.9 Å². The second kappa shape index (κ2) is 10.4. The Kier molecular flexibility index (Phi) is 8.44. The van der Waals surface area contributed by atoms with E-state index in [9.17, 15) is 26.4 Å². The molecule has 0 spiro atoms. The number of alkyl halides is 3. The molecule has 2 rings (SSSR count). The van der Waals surface area contributed by atoms with Gasteiger partial charge in [0.2, 0.25) is 15.9 Å². The minimum absolute atomic E-state index is 0.0704. The van der Waals surface area contributed by atoms with E-state index in [0.29, 0.717) is 45.3 Å². The topological polar surface area (TPSA) is 84.9 Å². The molecule has 1 saturated heterocycles. The number of sulfonamides is 1. The van der Waals surface area contributed by atoms with E-state index in [2.05, 4.69) is 5.32 Å². The van der Waals surface area contributed by atoms with Gasteiger partial charge in [-0.15, -0.1) is 0 Å². The smallest absolute Gasteiger partial charge is 0.382 e. The van der Waals surface area contributed by atoms with Gasteiger partial charge in [0.1, 0.15) is 0 Å². The molecule has 7 nitrogen and oxygen atoms in total. The monoisotopic (exact) mass is 438 g/mol. The molecule has 1 fully saturated rings. The van der Waals surface area contributed by atoms with Crippen LogP contribution in [0.3, 0.4) is 0 Å². The van der Waals surface area contributed by atoms with E-state index in [0.717, 1.165) is 22.5 Å². The number of ether oxygens (including phenoxy) is 2.